The van der Waals surface area contributed by atoms with Gasteiger partial charge in [-0.3, -0.25) is 9.59 Å². The van der Waals surface area contributed by atoms with E-state index in [9.17, 15) is 9.59 Å². The van der Waals surface area contributed by atoms with E-state index in [2.05, 4.69) is 10.3 Å². The number of piperidine rings is 1. The number of benzene rings is 1. The molecule has 0 saturated carbocycles. The van der Waals surface area contributed by atoms with Crippen molar-refractivity contribution < 1.29 is 19.1 Å². The van der Waals surface area contributed by atoms with Gasteiger partial charge in [-0.1, -0.05) is 0 Å². The molecule has 2 amide bonds. The lowest BCUT2D eigenvalue weighted by Crippen LogP contribution is -2.54. The first-order valence-electron chi connectivity index (χ1n) is 8.43. The van der Waals surface area contributed by atoms with Crippen LogP contribution in [0.2, 0.25) is 0 Å². The van der Waals surface area contributed by atoms with Crippen molar-refractivity contribution in [2.24, 2.45) is 0 Å². The number of carbonyl (C=O) groups is 2. The number of nitrogens with one attached hydrogen (secondary N) is 1. The number of thiazole rings is 1. The van der Waals surface area contributed by atoms with Crippen molar-refractivity contribution in [3.8, 4) is 11.5 Å². The number of ether oxygens (including phenoxy) is 2. The van der Waals surface area contributed by atoms with Gasteiger partial charge in [0.15, 0.2) is 0 Å². The van der Waals surface area contributed by atoms with Crippen molar-refractivity contribution in [3.63, 3.8) is 0 Å². The molecule has 1 aromatic heterocycles. The number of carbonyl (C=O) groups excluding carboxylic acids is 2. The van der Waals surface area contributed by atoms with Crippen molar-refractivity contribution in [3.05, 3.63) is 40.3 Å². The monoisotopic (exact) mass is 373 g/mol. The van der Waals surface area contributed by atoms with Crippen molar-refractivity contribution in [1.29, 1.82) is 0 Å². The second-order valence-corrected chi connectivity index (χ2v) is 7.21. The van der Waals surface area contributed by atoms with Gasteiger partial charge in [0.05, 0.1) is 24.7 Å². The largest absolute Gasteiger partial charge is 0.497 e. The lowest BCUT2D eigenvalue weighted by Gasteiger charge is -2.40. The van der Waals surface area contributed by atoms with Crippen molar-refractivity contribution in [2.45, 2.75) is 18.4 Å². The Morgan fingerprint density at radius 1 is 1.38 bits per heavy atom. The SMILES string of the molecule is COc1ccc2c(c1)OC1(CCN(C(=O)c3cscn3)CC1)CNC2=O. The number of hydrogen-bond acceptors (Lipinski definition) is 6. The molecule has 136 valence electrons. The Bertz CT molecular complexity index is 829. The van der Waals surface area contributed by atoms with Crippen LogP contribution in [0.5, 0.6) is 11.5 Å². The van der Waals surface area contributed by atoms with Gasteiger partial charge >= 0.3 is 0 Å². The number of likely N-dealkylation sites (tertiary alicyclic amines) is 1. The third-order valence-corrected chi connectivity index (χ3v) is 5.53. The topological polar surface area (TPSA) is 80.8 Å². The number of methoxy groups -OCH3 is 1. The first-order chi connectivity index (χ1) is 12.6. The summed E-state index contributed by atoms with van der Waals surface area (Å²) in [4.78, 5) is 30.7. The maximum atomic E-state index is 12.5. The fourth-order valence-electron chi connectivity index (χ4n) is 3.38. The molecule has 0 unspecified atom stereocenters. The molecule has 2 aliphatic rings. The smallest absolute Gasteiger partial charge is 0.273 e. The highest BCUT2D eigenvalue weighted by molar-refractivity contribution is 7.07. The molecule has 26 heavy (non-hydrogen) atoms. The molecular weight excluding hydrogens is 354 g/mol. The van der Waals surface area contributed by atoms with Crippen LogP contribution in [0.25, 0.3) is 0 Å². The van der Waals surface area contributed by atoms with E-state index >= 15 is 0 Å². The minimum absolute atomic E-state index is 0.0548. The predicted molar refractivity (Wildman–Crippen MR) is 95.9 cm³/mol. The van der Waals surface area contributed by atoms with Gasteiger partial charge in [0.25, 0.3) is 11.8 Å². The van der Waals surface area contributed by atoms with Crippen molar-refractivity contribution in [1.82, 2.24) is 15.2 Å². The highest BCUT2D eigenvalue weighted by Gasteiger charge is 2.41. The van der Waals surface area contributed by atoms with Gasteiger partial charge in [-0.05, 0) is 12.1 Å². The van der Waals surface area contributed by atoms with Crippen LogP contribution < -0.4 is 14.8 Å². The quantitative estimate of drug-likeness (QED) is 0.870. The molecule has 1 N–H and O–H groups in total. The molecule has 0 atom stereocenters. The molecular formula is C18H19N3O4S. The summed E-state index contributed by atoms with van der Waals surface area (Å²) in [6, 6.07) is 5.20. The number of nitrogens with zero attached hydrogens (tertiary/aromatic N) is 2. The van der Waals surface area contributed by atoms with E-state index in [1.807, 2.05) is 0 Å². The van der Waals surface area contributed by atoms with E-state index in [-0.39, 0.29) is 11.8 Å². The lowest BCUT2D eigenvalue weighted by atomic mass is 9.90. The summed E-state index contributed by atoms with van der Waals surface area (Å²) in [5.41, 5.74) is 2.12. The highest BCUT2D eigenvalue weighted by atomic mass is 32.1. The molecule has 4 rings (SSSR count). The molecule has 0 bridgehead atoms. The van der Waals surface area contributed by atoms with Crippen LogP contribution in [-0.2, 0) is 0 Å². The third kappa shape index (κ3) is 3.01. The van der Waals surface area contributed by atoms with Crippen molar-refractivity contribution in [2.75, 3.05) is 26.7 Å². The second kappa shape index (κ2) is 6.60. The summed E-state index contributed by atoms with van der Waals surface area (Å²) < 4.78 is 11.6. The summed E-state index contributed by atoms with van der Waals surface area (Å²) in [5.74, 6) is 0.963. The van der Waals surface area contributed by atoms with Gasteiger partial charge < -0.3 is 19.7 Å². The Labute approximate surface area is 154 Å². The molecule has 7 nitrogen and oxygen atoms in total. The van der Waals surface area contributed by atoms with E-state index < -0.39 is 5.60 Å². The molecule has 2 aliphatic heterocycles. The van der Waals surface area contributed by atoms with Gasteiger partial charge in [0, 0.05) is 37.4 Å². The molecule has 1 fully saturated rings. The van der Waals surface area contributed by atoms with Crippen LogP contribution in [0.1, 0.15) is 33.7 Å². The van der Waals surface area contributed by atoms with Gasteiger partial charge in [-0.25, -0.2) is 4.98 Å². The Morgan fingerprint density at radius 2 is 2.19 bits per heavy atom. The summed E-state index contributed by atoms with van der Waals surface area (Å²) >= 11 is 1.41. The number of fused-ring (bicyclic) bond motifs is 1. The summed E-state index contributed by atoms with van der Waals surface area (Å²) in [6.45, 7) is 1.54. The molecule has 0 aliphatic carbocycles. The fourth-order valence-corrected chi connectivity index (χ4v) is 3.91. The van der Waals surface area contributed by atoms with Crippen LogP contribution in [0.4, 0.5) is 0 Å². The van der Waals surface area contributed by atoms with Gasteiger partial charge in [-0.15, -0.1) is 11.3 Å². The molecule has 1 saturated heterocycles. The van der Waals surface area contributed by atoms with Crippen LogP contribution >= 0.6 is 11.3 Å². The zero-order valence-electron chi connectivity index (χ0n) is 14.4. The minimum atomic E-state index is -0.522. The van der Waals surface area contributed by atoms with E-state index in [1.54, 1.807) is 41.1 Å². The predicted octanol–water partition coefficient (Wildman–Crippen LogP) is 1.95. The average Bonchev–Trinajstić information content (AvgIpc) is 3.17. The first-order valence-corrected chi connectivity index (χ1v) is 9.37. The molecule has 2 aromatic rings. The van der Waals surface area contributed by atoms with Crippen molar-refractivity contribution >= 4 is 23.2 Å². The van der Waals surface area contributed by atoms with Gasteiger partial charge in [0.2, 0.25) is 0 Å². The van der Waals surface area contributed by atoms with Gasteiger partial charge in [0.1, 0.15) is 22.8 Å². The summed E-state index contributed by atoms with van der Waals surface area (Å²) in [7, 11) is 1.58. The number of hydrogen-bond donors (Lipinski definition) is 1. The van der Waals surface area contributed by atoms with E-state index in [0.29, 0.717) is 55.2 Å². The number of aromatic nitrogens is 1. The Balaban J connectivity index is 1.53. The molecule has 3 heterocycles. The van der Waals surface area contributed by atoms with E-state index in [1.165, 1.54) is 11.3 Å². The fraction of sp³-hybridized carbons (Fsp3) is 0.389. The summed E-state index contributed by atoms with van der Waals surface area (Å²) in [5, 5.41) is 4.71. The molecule has 1 spiro atoms. The zero-order chi connectivity index (χ0) is 18.1. The maximum absolute atomic E-state index is 12.5. The molecule has 0 radical (unpaired) electrons. The minimum Gasteiger partial charge on any atom is -0.497 e. The first kappa shape index (κ1) is 16.8. The second-order valence-electron chi connectivity index (χ2n) is 6.50. The zero-order valence-corrected chi connectivity index (χ0v) is 15.2. The highest BCUT2D eigenvalue weighted by Crippen LogP contribution is 2.35. The standard InChI is InChI=1S/C18H19N3O4S/c1-24-12-2-3-13-15(8-12)25-18(10-19-16(13)22)4-6-21(7-5-18)17(23)14-9-26-11-20-14/h2-3,8-9,11H,4-7,10H2,1H3,(H,19,22). The van der Waals surface area contributed by atoms with E-state index in [0.717, 1.165) is 0 Å². The number of amides is 2. The average molecular weight is 373 g/mol. The van der Waals surface area contributed by atoms with Crippen LogP contribution in [0.15, 0.2) is 29.1 Å². The maximum Gasteiger partial charge on any atom is 0.273 e. The number of rotatable bonds is 2. The Morgan fingerprint density at radius 3 is 2.88 bits per heavy atom. The van der Waals surface area contributed by atoms with Crippen LogP contribution in [0, 0.1) is 0 Å². The van der Waals surface area contributed by atoms with Crippen LogP contribution in [0.3, 0.4) is 0 Å². The Kier molecular flexibility index (Phi) is 4.28. The molecule has 8 heteroatoms. The van der Waals surface area contributed by atoms with E-state index in [4.69, 9.17) is 9.47 Å². The van der Waals surface area contributed by atoms with Crippen LogP contribution in [-0.4, -0.2) is 54.0 Å². The van der Waals surface area contributed by atoms with Gasteiger partial charge in [-0.2, -0.15) is 0 Å². The Hall–Kier alpha value is -2.61. The third-order valence-electron chi connectivity index (χ3n) is 4.94. The lowest BCUT2D eigenvalue weighted by molar-refractivity contribution is 0.00745. The summed E-state index contributed by atoms with van der Waals surface area (Å²) in [6.07, 6.45) is 1.28. The normalized spacial score (nSPS) is 18.5. The molecule has 1 aromatic carbocycles.